The van der Waals surface area contributed by atoms with Crippen LogP contribution in [0.15, 0.2) is 36.7 Å². The maximum atomic E-state index is 12.9. The van der Waals surface area contributed by atoms with E-state index in [0.717, 1.165) is 55.7 Å². The number of benzene rings is 1. The number of fused-ring (bicyclic) bond motifs is 1. The Kier molecular flexibility index (Phi) is 6.13. The van der Waals surface area contributed by atoms with Crippen molar-refractivity contribution in [1.29, 1.82) is 5.26 Å². The molecule has 10 heteroatoms. The van der Waals surface area contributed by atoms with E-state index in [-0.39, 0.29) is 22.2 Å². The molecule has 1 saturated carbocycles. The summed E-state index contributed by atoms with van der Waals surface area (Å²) in [5, 5.41) is 12.6. The highest BCUT2D eigenvalue weighted by Crippen LogP contribution is 2.47. The number of rotatable bonds is 5. The van der Waals surface area contributed by atoms with E-state index in [1.165, 1.54) is 6.33 Å². The van der Waals surface area contributed by atoms with E-state index >= 15 is 0 Å². The van der Waals surface area contributed by atoms with Gasteiger partial charge in [-0.15, -0.1) is 11.3 Å². The molecule has 2 aliphatic rings. The minimum atomic E-state index is -4.26. The third kappa shape index (κ3) is 5.10. The van der Waals surface area contributed by atoms with Crippen molar-refractivity contribution in [1.82, 2.24) is 15.3 Å². The zero-order valence-electron chi connectivity index (χ0n) is 18.9. The van der Waals surface area contributed by atoms with Gasteiger partial charge in [0.05, 0.1) is 24.3 Å². The van der Waals surface area contributed by atoms with Crippen LogP contribution in [0.1, 0.15) is 46.5 Å². The molecule has 1 N–H and O–H groups in total. The lowest BCUT2D eigenvalue weighted by Crippen LogP contribution is -2.34. The first-order chi connectivity index (χ1) is 16.7. The minimum Gasteiger partial charge on any atom is -0.355 e. The summed E-state index contributed by atoms with van der Waals surface area (Å²) in [6.45, 7) is 1.54. The molecule has 0 bridgehead atoms. The topological polar surface area (TPSA) is 81.9 Å². The van der Waals surface area contributed by atoms with Crippen LogP contribution in [0.3, 0.4) is 0 Å². The molecule has 6 nitrogen and oxygen atoms in total. The van der Waals surface area contributed by atoms with Crippen molar-refractivity contribution < 1.29 is 18.0 Å². The van der Waals surface area contributed by atoms with Gasteiger partial charge in [-0.1, -0.05) is 12.1 Å². The van der Waals surface area contributed by atoms with Crippen LogP contribution in [0.5, 0.6) is 0 Å². The number of nitrogens with zero attached hydrogens (tertiary/aromatic N) is 4. The first-order valence-corrected chi connectivity index (χ1v) is 12.4. The molecule has 35 heavy (non-hydrogen) atoms. The molecule has 1 saturated heterocycles. The summed E-state index contributed by atoms with van der Waals surface area (Å²) in [6.07, 6.45) is 0.208. The maximum absolute atomic E-state index is 12.9. The SMILES string of the molecule is N#CCc1ccc(C(=O)NC2CCC3(CCN(c4ncnc5sc(CC(F)(F)F)cc45)C3)C2)cc1. The number of thiophene rings is 1. The highest BCUT2D eigenvalue weighted by Gasteiger charge is 2.45. The van der Waals surface area contributed by atoms with E-state index in [9.17, 15) is 18.0 Å². The molecule has 182 valence electrons. The van der Waals surface area contributed by atoms with Gasteiger partial charge in [-0.3, -0.25) is 4.79 Å². The molecule has 0 radical (unpaired) electrons. The third-order valence-electron chi connectivity index (χ3n) is 7.01. The van der Waals surface area contributed by atoms with Gasteiger partial charge in [0.1, 0.15) is 17.0 Å². The van der Waals surface area contributed by atoms with Crippen LogP contribution in [-0.2, 0) is 12.8 Å². The number of hydrogen-bond donors (Lipinski definition) is 1. The monoisotopic (exact) mass is 499 g/mol. The summed E-state index contributed by atoms with van der Waals surface area (Å²) in [6, 6.07) is 10.8. The standard InChI is InChI=1S/C25H24F3N5OS/c26-25(27,28)13-19-11-20-21(30-15-31-23(20)35-19)33-10-8-24(14-33)7-5-18(12-24)32-22(34)17-3-1-16(2-4-17)6-9-29/h1-4,11,15,18H,5-8,10,12-14H2,(H,32,34). The summed E-state index contributed by atoms with van der Waals surface area (Å²) >= 11 is 1.07. The largest absolute Gasteiger partial charge is 0.393 e. The van der Waals surface area contributed by atoms with Gasteiger partial charge in [0.25, 0.3) is 5.91 Å². The zero-order chi connectivity index (χ0) is 24.6. The van der Waals surface area contributed by atoms with Gasteiger partial charge in [0.15, 0.2) is 0 Å². The number of hydrogen-bond acceptors (Lipinski definition) is 6. The lowest BCUT2D eigenvalue weighted by Gasteiger charge is -2.25. The van der Waals surface area contributed by atoms with Crippen LogP contribution < -0.4 is 10.2 Å². The van der Waals surface area contributed by atoms with Gasteiger partial charge in [0.2, 0.25) is 0 Å². The van der Waals surface area contributed by atoms with Crippen molar-refractivity contribution in [2.24, 2.45) is 5.41 Å². The van der Waals surface area contributed by atoms with Crippen LogP contribution in [0, 0.1) is 16.7 Å². The van der Waals surface area contributed by atoms with Crippen LogP contribution in [0.25, 0.3) is 10.2 Å². The molecule has 1 aliphatic carbocycles. The molecular weight excluding hydrogens is 475 g/mol. The molecule has 3 aromatic rings. The quantitative estimate of drug-likeness (QED) is 0.532. The number of nitrogens with one attached hydrogen (secondary N) is 1. The van der Waals surface area contributed by atoms with E-state index in [4.69, 9.17) is 5.26 Å². The Hall–Kier alpha value is -3.19. The summed E-state index contributed by atoms with van der Waals surface area (Å²) in [5.41, 5.74) is 1.51. The number of carbonyl (C=O) groups is 1. The predicted octanol–water partition coefficient (Wildman–Crippen LogP) is 5.04. The summed E-state index contributed by atoms with van der Waals surface area (Å²) < 4.78 is 38.6. The van der Waals surface area contributed by atoms with Crippen molar-refractivity contribution in [3.63, 3.8) is 0 Å². The van der Waals surface area contributed by atoms with Crippen LogP contribution in [-0.4, -0.2) is 41.2 Å². The van der Waals surface area contributed by atoms with Crippen molar-refractivity contribution in [2.45, 2.75) is 50.7 Å². The maximum Gasteiger partial charge on any atom is 0.393 e. The number of halogens is 3. The van der Waals surface area contributed by atoms with Gasteiger partial charge in [0, 0.05) is 29.6 Å². The highest BCUT2D eigenvalue weighted by molar-refractivity contribution is 7.18. The predicted molar refractivity (Wildman–Crippen MR) is 127 cm³/mol. The Morgan fingerprint density at radius 2 is 2.06 bits per heavy atom. The number of carbonyl (C=O) groups excluding carboxylic acids is 1. The number of aromatic nitrogens is 2. The Morgan fingerprint density at radius 1 is 1.26 bits per heavy atom. The average molecular weight is 500 g/mol. The summed E-state index contributed by atoms with van der Waals surface area (Å²) in [7, 11) is 0. The van der Waals surface area contributed by atoms with Crippen LogP contribution in [0.4, 0.5) is 19.0 Å². The second kappa shape index (κ2) is 9.11. The molecule has 1 amide bonds. The van der Waals surface area contributed by atoms with Gasteiger partial charge in [-0.2, -0.15) is 18.4 Å². The summed E-state index contributed by atoms with van der Waals surface area (Å²) in [4.78, 5) is 24.3. The van der Waals surface area contributed by atoms with Gasteiger partial charge in [-0.05, 0) is 54.9 Å². The minimum absolute atomic E-state index is 0.0523. The van der Waals surface area contributed by atoms with Gasteiger partial charge >= 0.3 is 6.18 Å². The molecule has 5 rings (SSSR count). The van der Waals surface area contributed by atoms with Crippen LogP contribution >= 0.6 is 11.3 Å². The normalized spacial score (nSPS) is 22.1. The lowest BCUT2D eigenvalue weighted by atomic mass is 9.85. The fourth-order valence-electron chi connectivity index (χ4n) is 5.38. The van der Waals surface area contributed by atoms with Gasteiger partial charge < -0.3 is 10.2 Å². The summed E-state index contributed by atoms with van der Waals surface area (Å²) in [5.74, 6) is 0.583. The Balaban J connectivity index is 1.24. The van der Waals surface area contributed by atoms with E-state index in [1.54, 1.807) is 30.3 Å². The van der Waals surface area contributed by atoms with Crippen molar-refractivity contribution in [3.05, 3.63) is 52.7 Å². The molecule has 3 heterocycles. The third-order valence-corrected chi connectivity index (χ3v) is 8.05. The smallest absolute Gasteiger partial charge is 0.355 e. The van der Waals surface area contributed by atoms with E-state index in [1.807, 2.05) is 0 Å². The molecule has 1 aromatic carbocycles. The zero-order valence-corrected chi connectivity index (χ0v) is 19.8. The molecule has 2 unspecified atom stereocenters. The lowest BCUT2D eigenvalue weighted by molar-refractivity contribution is -0.126. The Bertz CT molecular complexity index is 1280. The number of alkyl halides is 3. The van der Waals surface area contributed by atoms with Crippen molar-refractivity contribution in [2.75, 3.05) is 18.0 Å². The first kappa shape index (κ1) is 23.5. The average Bonchev–Trinajstić information content (AvgIpc) is 3.51. The number of amides is 1. The van der Waals surface area contributed by atoms with Gasteiger partial charge in [-0.25, -0.2) is 9.97 Å². The second-order valence-corrected chi connectivity index (χ2v) is 10.7. The first-order valence-electron chi connectivity index (χ1n) is 11.6. The molecule has 2 fully saturated rings. The second-order valence-electron chi connectivity index (χ2n) is 9.54. The number of anilines is 1. The van der Waals surface area contributed by atoms with E-state index in [0.29, 0.717) is 28.0 Å². The molecular formula is C25H24F3N5OS. The number of nitriles is 1. The van der Waals surface area contributed by atoms with Crippen molar-refractivity contribution in [3.8, 4) is 6.07 Å². The Labute approximate surface area is 204 Å². The Morgan fingerprint density at radius 3 is 2.80 bits per heavy atom. The fraction of sp³-hybridized carbons (Fsp3) is 0.440. The molecule has 1 aliphatic heterocycles. The van der Waals surface area contributed by atoms with Crippen LogP contribution in [0.2, 0.25) is 0 Å². The fourth-order valence-corrected chi connectivity index (χ4v) is 6.40. The van der Waals surface area contributed by atoms with E-state index in [2.05, 4.69) is 26.3 Å². The highest BCUT2D eigenvalue weighted by atomic mass is 32.1. The molecule has 2 aromatic heterocycles. The molecule has 2 atom stereocenters. The van der Waals surface area contributed by atoms with Crippen molar-refractivity contribution >= 4 is 33.3 Å². The van der Waals surface area contributed by atoms with E-state index < -0.39 is 12.6 Å². The molecule has 1 spiro atoms.